The van der Waals surface area contributed by atoms with Crippen LogP contribution in [0.1, 0.15) is 22.3 Å². The Morgan fingerprint density at radius 3 is 1.14 bits per heavy atom. The standard InChI is InChI=1S/C6H20N2OSi2.3CH4/c1-10(2,5-7)9-11(3,4)6-8;;;/h5-8H2,1-4H3;3*1H4. The van der Waals surface area contributed by atoms with Gasteiger partial charge in [-0.15, -0.1) is 0 Å². The van der Waals surface area contributed by atoms with Crippen LogP contribution in [0.4, 0.5) is 0 Å². The summed E-state index contributed by atoms with van der Waals surface area (Å²) in [5.74, 6) is 0. The SMILES string of the molecule is C.C.C.C[Si](C)(CN)O[Si](C)(C)CN. The molecule has 0 saturated heterocycles. The van der Waals surface area contributed by atoms with Crippen LogP contribution in [0.2, 0.25) is 26.2 Å². The number of hydrogen-bond donors (Lipinski definition) is 2. The Balaban J connectivity index is -0.000000167. The maximum Gasteiger partial charge on any atom is 0.187 e. The molecular weight excluding hydrogens is 208 g/mol. The first-order valence-electron chi connectivity index (χ1n) is 3.93. The average molecular weight is 241 g/mol. The molecule has 0 spiro atoms. The van der Waals surface area contributed by atoms with Crippen molar-refractivity contribution in [1.82, 2.24) is 0 Å². The van der Waals surface area contributed by atoms with E-state index in [1.165, 1.54) is 0 Å². The molecular formula is C9H32N2OSi2. The van der Waals surface area contributed by atoms with E-state index < -0.39 is 16.6 Å². The van der Waals surface area contributed by atoms with Crippen LogP contribution in [0, 0.1) is 0 Å². The van der Waals surface area contributed by atoms with Gasteiger partial charge in [0.05, 0.1) is 0 Å². The lowest BCUT2D eigenvalue weighted by atomic mass is 11.5. The summed E-state index contributed by atoms with van der Waals surface area (Å²) in [7, 11) is -3.15. The van der Waals surface area contributed by atoms with E-state index in [4.69, 9.17) is 15.6 Å². The smallest absolute Gasteiger partial charge is 0.187 e. The molecule has 0 bridgehead atoms. The Morgan fingerprint density at radius 2 is 1.00 bits per heavy atom. The van der Waals surface area contributed by atoms with E-state index in [0.717, 1.165) is 0 Å². The van der Waals surface area contributed by atoms with Crippen molar-refractivity contribution in [2.45, 2.75) is 48.5 Å². The summed E-state index contributed by atoms with van der Waals surface area (Å²) in [6.45, 7) is 8.55. The maximum absolute atomic E-state index is 5.95. The number of rotatable bonds is 4. The van der Waals surface area contributed by atoms with Gasteiger partial charge in [0.25, 0.3) is 0 Å². The Hall–Kier alpha value is 0.314. The first-order chi connectivity index (χ1) is 4.83. The fourth-order valence-electron chi connectivity index (χ4n) is 0.831. The molecule has 14 heavy (non-hydrogen) atoms. The Kier molecular flexibility index (Phi) is 14.7. The molecule has 0 aliphatic heterocycles. The molecule has 92 valence electrons. The summed E-state index contributed by atoms with van der Waals surface area (Å²) in [6, 6.07) is 0. The fourth-order valence-corrected chi connectivity index (χ4v) is 7.48. The first kappa shape index (κ1) is 23.9. The van der Waals surface area contributed by atoms with Crippen LogP contribution in [0.5, 0.6) is 0 Å². The van der Waals surface area contributed by atoms with Gasteiger partial charge in [0.15, 0.2) is 16.6 Å². The topological polar surface area (TPSA) is 61.3 Å². The molecule has 4 N–H and O–H groups in total. The highest BCUT2D eigenvalue weighted by Crippen LogP contribution is 2.11. The van der Waals surface area contributed by atoms with E-state index in [2.05, 4.69) is 26.2 Å². The molecule has 0 atom stereocenters. The van der Waals surface area contributed by atoms with Gasteiger partial charge in [-0.25, -0.2) is 0 Å². The highest BCUT2D eigenvalue weighted by molar-refractivity contribution is 6.85. The second-order valence-corrected chi connectivity index (χ2v) is 12.7. The first-order valence-corrected chi connectivity index (χ1v) is 10.2. The molecule has 3 nitrogen and oxygen atoms in total. The van der Waals surface area contributed by atoms with Gasteiger partial charge in [-0.1, -0.05) is 22.3 Å². The van der Waals surface area contributed by atoms with Crippen LogP contribution in [0.3, 0.4) is 0 Å². The number of hydrogen-bond acceptors (Lipinski definition) is 3. The molecule has 0 aromatic heterocycles. The van der Waals surface area contributed by atoms with Crippen molar-refractivity contribution in [2.24, 2.45) is 11.5 Å². The minimum atomic E-state index is -1.57. The third-order valence-electron chi connectivity index (χ3n) is 1.54. The van der Waals surface area contributed by atoms with E-state index in [1.807, 2.05) is 0 Å². The summed E-state index contributed by atoms with van der Waals surface area (Å²) in [5.41, 5.74) is 11.2. The van der Waals surface area contributed by atoms with Crippen LogP contribution in [0.25, 0.3) is 0 Å². The molecule has 0 heterocycles. The van der Waals surface area contributed by atoms with Crippen molar-refractivity contribution in [3.63, 3.8) is 0 Å². The van der Waals surface area contributed by atoms with Gasteiger partial charge in [0.1, 0.15) is 0 Å². The van der Waals surface area contributed by atoms with Crippen LogP contribution < -0.4 is 11.5 Å². The highest BCUT2D eigenvalue weighted by atomic mass is 28.4. The maximum atomic E-state index is 5.95. The quantitative estimate of drug-likeness (QED) is 0.742. The Labute approximate surface area is 93.5 Å². The van der Waals surface area contributed by atoms with Gasteiger partial charge in [-0.2, -0.15) is 0 Å². The molecule has 0 saturated carbocycles. The largest absolute Gasteiger partial charge is 0.454 e. The summed E-state index contributed by atoms with van der Waals surface area (Å²) >= 11 is 0. The van der Waals surface area contributed by atoms with E-state index in [1.54, 1.807) is 0 Å². The third-order valence-corrected chi connectivity index (χ3v) is 7.92. The molecule has 0 fully saturated rings. The zero-order valence-corrected chi connectivity index (χ0v) is 9.98. The average Bonchev–Trinajstić information content (AvgIpc) is 1.86. The van der Waals surface area contributed by atoms with Crippen LogP contribution >= 0.6 is 0 Å². The fraction of sp³-hybridized carbons (Fsp3) is 1.00. The highest BCUT2D eigenvalue weighted by Gasteiger charge is 2.30. The van der Waals surface area contributed by atoms with Gasteiger partial charge in [0, 0.05) is 12.3 Å². The molecule has 0 aromatic carbocycles. The van der Waals surface area contributed by atoms with Gasteiger partial charge >= 0.3 is 0 Å². The monoisotopic (exact) mass is 240 g/mol. The van der Waals surface area contributed by atoms with Crippen molar-refractivity contribution in [3.8, 4) is 0 Å². The molecule has 0 aliphatic carbocycles. The van der Waals surface area contributed by atoms with Crippen LogP contribution in [0.15, 0.2) is 0 Å². The van der Waals surface area contributed by atoms with Crippen molar-refractivity contribution in [1.29, 1.82) is 0 Å². The van der Waals surface area contributed by atoms with Crippen molar-refractivity contribution < 1.29 is 4.12 Å². The lowest BCUT2D eigenvalue weighted by Crippen LogP contribution is -2.53. The minimum Gasteiger partial charge on any atom is -0.454 e. The van der Waals surface area contributed by atoms with Gasteiger partial charge in [0.2, 0.25) is 0 Å². The predicted molar refractivity (Wildman–Crippen MR) is 74.4 cm³/mol. The molecule has 0 amide bonds. The van der Waals surface area contributed by atoms with E-state index in [0.29, 0.717) is 12.3 Å². The minimum absolute atomic E-state index is 0. The zero-order valence-electron chi connectivity index (χ0n) is 7.98. The van der Waals surface area contributed by atoms with Crippen LogP contribution in [-0.4, -0.2) is 29.0 Å². The molecule has 0 aliphatic rings. The van der Waals surface area contributed by atoms with E-state index >= 15 is 0 Å². The molecule has 0 aromatic rings. The van der Waals surface area contributed by atoms with Gasteiger partial charge in [-0.05, 0) is 26.2 Å². The van der Waals surface area contributed by atoms with Crippen molar-refractivity contribution in [3.05, 3.63) is 0 Å². The Bertz CT molecular complexity index is 116. The van der Waals surface area contributed by atoms with E-state index in [-0.39, 0.29) is 22.3 Å². The number of nitrogens with two attached hydrogens (primary N) is 2. The molecule has 0 unspecified atom stereocenters. The second kappa shape index (κ2) is 8.61. The van der Waals surface area contributed by atoms with Crippen molar-refractivity contribution >= 4 is 16.6 Å². The summed E-state index contributed by atoms with van der Waals surface area (Å²) in [6.07, 6.45) is 1.37. The van der Waals surface area contributed by atoms with E-state index in [9.17, 15) is 0 Å². The molecule has 5 heteroatoms. The molecule has 0 rings (SSSR count). The van der Waals surface area contributed by atoms with Gasteiger partial charge < -0.3 is 15.6 Å². The lowest BCUT2D eigenvalue weighted by molar-refractivity contribution is 0.542. The second-order valence-electron chi connectivity index (χ2n) is 4.03. The summed E-state index contributed by atoms with van der Waals surface area (Å²) < 4.78 is 5.95. The third kappa shape index (κ3) is 10.4. The summed E-state index contributed by atoms with van der Waals surface area (Å²) in [4.78, 5) is 0. The van der Waals surface area contributed by atoms with Crippen LogP contribution in [-0.2, 0) is 4.12 Å². The Morgan fingerprint density at radius 1 is 0.786 bits per heavy atom. The van der Waals surface area contributed by atoms with Crippen molar-refractivity contribution in [2.75, 3.05) is 12.3 Å². The normalized spacial score (nSPS) is 10.7. The zero-order chi connectivity index (χ0) is 9.12. The molecule has 0 radical (unpaired) electrons. The lowest BCUT2D eigenvalue weighted by Gasteiger charge is -2.31. The summed E-state index contributed by atoms with van der Waals surface area (Å²) in [5, 5.41) is 0. The predicted octanol–water partition coefficient (Wildman–Crippen LogP) is 2.32. The van der Waals surface area contributed by atoms with Gasteiger partial charge in [-0.3, -0.25) is 0 Å².